The number of esters is 1. The van der Waals surface area contributed by atoms with Crippen LogP contribution in [-0.2, 0) is 14.3 Å². The first-order valence-corrected chi connectivity index (χ1v) is 15.3. The van der Waals surface area contributed by atoms with Gasteiger partial charge in [0.25, 0.3) is 0 Å². The number of carbonyl (C=O) groups excluding carboxylic acids is 2. The summed E-state index contributed by atoms with van der Waals surface area (Å²) in [6.07, 6.45) is 15.0. The predicted molar refractivity (Wildman–Crippen MR) is 144 cm³/mol. The lowest BCUT2D eigenvalue weighted by molar-refractivity contribution is -0.189. The Bertz CT molecular complexity index is 803. The average molecular weight is 559 g/mol. The third-order valence-electron chi connectivity index (χ3n) is 9.98. The van der Waals surface area contributed by atoms with Crippen LogP contribution in [-0.4, -0.2) is 23.0 Å². The van der Waals surface area contributed by atoms with Crippen LogP contribution in [0.25, 0.3) is 0 Å². The van der Waals surface area contributed by atoms with Crippen LogP contribution < -0.4 is 0 Å². The lowest BCUT2D eigenvalue weighted by Crippen LogP contribution is -2.41. The molecule has 0 aliphatic heterocycles. The molecule has 0 bridgehead atoms. The van der Waals surface area contributed by atoms with Gasteiger partial charge in [-0.3, -0.25) is 9.59 Å². The quantitative estimate of drug-likeness (QED) is 0.196. The molecular weight excluding hydrogens is 513 g/mol. The van der Waals surface area contributed by atoms with Crippen molar-refractivity contribution in [3.63, 3.8) is 0 Å². The molecular formula is C31H46ClF3O3. The second kappa shape index (κ2) is 13.9. The highest BCUT2D eigenvalue weighted by Crippen LogP contribution is 2.45. The van der Waals surface area contributed by atoms with Gasteiger partial charge in [0, 0.05) is 5.92 Å². The molecule has 4 fully saturated rings. The summed E-state index contributed by atoms with van der Waals surface area (Å²) in [5.74, 6) is 3.83. The van der Waals surface area contributed by atoms with Gasteiger partial charge in [-0.2, -0.15) is 13.2 Å². The summed E-state index contributed by atoms with van der Waals surface area (Å²) >= 11 is 5.37. The Labute approximate surface area is 232 Å². The van der Waals surface area contributed by atoms with Crippen LogP contribution in [0, 0.1) is 53.8 Å². The normalized spacial score (nSPS) is 38.2. The van der Waals surface area contributed by atoms with Crippen molar-refractivity contribution in [2.75, 3.05) is 0 Å². The molecule has 0 aromatic rings. The third kappa shape index (κ3) is 8.90. The number of rotatable bonds is 4. The van der Waals surface area contributed by atoms with Crippen molar-refractivity contribution >= 4 is 22.8 Å². The number of ether oxygens (including phenoxy) is 1. The van der Waals surface area contributed by atoms with Gasteiger partial charge in [-0.05, 0) is 125 Å². The molecule has 0 saturated heterocycles. The Kier molecular flexibility index (Phi) is 11.5. The molecule has 0 unspecified atom stereocenters. The summed E-state index contributed by atoms with van der Waals surface area (Å²) < 4.78 is 44.3. The van der Waals surface area contributed by atoms with Crippen molar-refractivity contribution in [3.05, 3.63) is 0 Å². The minimum atomic E-state index is -4.16. The highest BCUT2D eigenvalue weighted by molar-refractivity contribution is 6.63. The molecule has 38 heavy (non-hydrogen) atoms. The highest BCUT2D eigenvalue weighted by Gasteiger charge is 2.45. The van der Waals surface area contributed by atoms with Crippen LogP contribution in [0.5, 0.6) is 0 Å². The van der Waals surface area contributed by atoms with Crippen molar-refractivity contribution in [3.8, 4) is 12.3 Å². The number of hydrogen-bond donors (Lipinski definition) is 0. The Hall–Kier alpha value is -1.22. The van der Waals surface area contributed by atoms with Crippen molar-refractivity contribution < 1.29 is 27.5 Å². The van der Waals surface area contributed by atoms with Crippen LogP contribution in [0.4, 0.5) is 13.2 Å². The van der Waals surface area contributed by atoms with Gasteiger partial charge in [0.15, 0.2) is 5.60 Å². The Balaban J connectivity index is 0.000000336. The van der Waals surface area contributed by atoms with E-state index in [4.69, 9.17) is 22.8 Å². The third-order valence-corrected chi connectivity index (χ3v) is 10.3. The van der Waals surface area contributed by atoms with Crippen LogP contribution in [0.15, 0.2) is 0 Å². The second-order valence-electron chi connectivity index (χ2n) is 12.8. The van der Waals surface area contributed by atoms with Crippen LogP contribution in [0.2, 0.25) is 0 Å². The van der Waals surface area contributed by atoms with Crippen LogP contribution >= 0.6 is 11.6 Å². The van der Waals surface area contributed by atoms with Crippen LogP contribution in [0.3, 0.4) is 0 Å². The Morgan fingerprint density at radius 2 is 1.21 bits per heavy atom. The molecule has 0 amide bonds. The first-order chi connectivity index (χ1) is 17.9. The van der Waals surface area contributed by atoms with E-state index in [0.717, 1.165) is 43.4 Å². The van der Waals surface area contributed by atoms with Crippen molar-refractivity contribution in [2.24, 2.45) is 41.4 Å². The zero-order valence-corrected chi connectivity index (χ0v) is 23.9. The molecule has 4 saturated carbocycles. The van der Waals surface area contributed by atoms with Gasteiger partial charge in [-0.15, -0.1) is 6.42 Å². The number of carbonyl (C=O) groups is 2. The first-order valence-electron chi connectivity index (χ1n) is 14.9. The van der Waals surface area contributed by atoms with E-state index >= 15 is 0 Å². The zero-order valence-electron chi connectivity index (χ0n) is 23.2. The SMILES string of the molecule is C#CC1(OC(=O)C2CCC(C(F)(F)F)CC2)CCC(C2CCC(C)CC2)CC1.CC1CCC(C(=O)Cl)CC1. The molecule has 4 rings (SSSR count). The molecule has 4 aliphatic carbocycles. The molecule has 0 spiro atoms. The van der Waals surface area contributed by atoms with E-state index in [0.29, 0.717) is 18.8 Å². The van der Waals surface area contributed by atoms with Crippen LogP contribution in [0.1, 0.15) is 117 Å². The van der Waals surface area contributed by atoms with Gasteiger partial charge in [-0.1, -0.05) is 32.6 Å². The van der Waals surface area contributed by atoms with E-state index in [-0.39, 0.29) is 42.8 Å². The number of hydrogen-bond acceptors (Lipinski definition) is 3. The molecule has 4 aliphatic rings. The molecule has 0 N–H and O–H groups in total. The summed E-state index contributed by atoms with van der Waals surface area (Å²) in [6.45, 7) is 4.55. The molecule has 3 nitrogen and oxygen atoms in total. The van der Waals surface area contributed by atoms with Crippen molar-refractivity contribution in [1.82, 2.24) is 0 Å². The fourth-order valence-electron chi connectivity index (χ4n) is 7.03. The Morgan fingerprint density at radius 1 is 0.763 bits per heavy atom. The maximum Gasteiger partial charge on any atom is 0.391 e. The fourth-order valence-corrected chi connectivity index (χ4v) is 7.25. The van der Waals surface area contributed by atoms with Gasteiger partial charge in [0.1, 0.15) is 0 Å². The van der Waals surface area contributed by atoms with Gasteiger partial charge >= 0.3 is 12.1 Å². The molecule has 7 heteroatoms. The van der Waals surface area contributed by atoms with Gasteiger partial charge in [-0.25, -0.2) is 0 Å². The second-order valence-corrected chi connectivity index (χ2v) is 13.1. The summed E-state index contributed by atoms with van der Waals surface area (Å²) in [5.41, 5.74) is -0.851. The minimum Gasteiger partial charge on any atom is -0.446 e. The number of terminal acetylenes is 1. The van der Waals surface area contributed by atoms with E-state index in [1.807, 2.05) is 0 Å². The van der Waals surface area contributed by atoms with E-state index in [2.05, 4.69) is 19.8 Å². The maximum absolute atomic E-state index is 12.8. The predicted octanol–water partition coefficient (Wildman–Crippen LogP) is 8.86. The van der Waals surface area contributed by atoms with E-state index in [1.165, 1.54) is 38.5 Å². The summed E-state index contributed by atoms with van der Waals surface area (Å²) in [5, 5.41) is -0.132. The summed E-state index contributed by atoms with van der Waals surface area (Å²) in [6, 6.07) is 0. The molecule has 0 aromatic heterocycles. The van der Waals surface area contributed by atoms with E-state index in [9.17, 15) is 22.8 Å². The fraction of sp³-hybridized carbons (Fsp3) is 0.871. The minimum absolute atomic E-state index is 0.00843. The van der Waals surface area contributed by atoms with Crippen molar-refractivity contribution in [1.29, 1.82) is 0 Å². The van der Waals surface area contributed by atoms with E-state index in [1.54, 1.807) is 0 Å². The standard InChI is InChI=1S/C23H33F3O2.C8H13ClO/c1-3-22(14-12-18(13-15-22)17-6-4-16(2)5-7-17)28-21(27)19-8-10-20(11-9-19)23(24,25)26;1-6-2-4-7(5-3-6)8(9)10/h1,16-20H,4-15H2,2H3;6-7H,2-5H2,1H3. The topological polar surface area (TPSA) is 43.4 Å². The van der Waals surface area contributed by atoms with E-state index < -0.39 is 23.6 Å². The van der Waals surface area contributed by atoms with Gasteiger partial charge in [0.05, 0.1) is 11.8 Å². The number of halogens is 4. The maximum atomic E-state index is 12.8. The molecule has 216 valence electrons. The lowest BCUT2D eigenvalue weighted by Gasteiger charge is -2.41. The monoisotopic (exact) mass is 558 g/mol. The molecule has 0 radical (unpaired) electrons. The molecule has 0 aromatic carbocycles. The highest BCUT2D eigenvalue weighted by atomic mass is 35.5. The van der Waals surface area contributed by atoms with Gasteiger partial charge in [0.2, 0.25) is 5.24 Å². The van der Waals surface area contributed by atoms with Gasteiger partial charge < -0.3 is 4.74 Å². The summed E-state index contributed by atoms with van der Waals surface area (Å²) in [7, 11) is 0. The average Bonchev–Trinajstić information content (AvgIpc) is 2.90. The zero-order chi connectivity index (χ0) is 27.9. The first kappa shape index (κ1) is 31.3. The van der Waals surface area contributed by atoms with Crippen molar-refractivity contribution in [2.45, 2.75) is 128 Å². The largest absolute Gasteiger partial charge is 0.446 e. The summed E-state index contributed by atoms with van der Waals surface area (Å²) in [4.78, 5) is 23.3. The Morgan fingerprint density at radius 3 is 1.66 bits per heavy atom. The molecule has 0 heterocycles. The molecule has 0 atom stereocenters. The number of alkyl halides is 3. The smallest absolute Gasteiger partial charge is 0.391 e. The lowest BCUT2D eigenvalue weighted by atomic mass is 9.68.